The number of carbonyl (C=O) groups is 2. The van der Waals surface area contributed by atoms with E-state index in [0.717, 1.165) is 61.4 Å². The number of fused-ring (bicyclic) bond motifs is 2. The predicted octanol–water partition coefficient (Wildman–Crippen LogP) is 4.29. The normalized spacial score (nSPS) is 17.1. The summed E-state index contributed by atoms with van der Waals surface area (Å²) in [5.74, 6) is -0.599. The first-order valence-corrected chi connectivity index (χ1v) is 13.8. The molecule has 41 heavy (non-hydrogen) atoms. The molecule has 1 aromatic heterocycles. The van der Waals surface area contributed by atoms with Gasteiger partial charge in [0.2, 0.25) is 0 Å². The molecule has 1 saturated heterocycles. The number of rotatable bonds is 5. The fourth-order valence-electron chi connectivity index (χ4n) is 5.45. The van der Waals surface area contributed by atoms with E-state index in [2.05, 4.69) is 32.2 Å². The summed E-state index contributed by atoms with van der Waals surface area (Å²) in [6, 6.07) is 13.4. The van der Waals surface area contributed by atoms with Gasteiger partial charge in [0.25, 0.3) is 11.8 Å². The number of nitrogens with one attached hydrogen (secondary N) is 1. The molecule has 2 amide bonds. The number of benzene rings is 2. The fraction of sp³-hybridized carbons (Fsp3) is 0.267. The lowest BCUT2D eigenvalue weighted by Crippen LogP contribution is -2.44. The van der Waals surface area contributed by atoms with Crippen molar-refractivity contribution in [1.82, 2.24) is 9.88 Å². The van der Waals surface area contributed by atoms with E-state index in [0.29, 0.717) is 29.2 Å². The monoisotopic (exact) mass is 573 g/mol. The number of aryl methyl sites for hydroxylation is 1. The van der Waals surface area contributed by atoms with Crippen LogP contribution in [0.25, 0.3) is 5.70 Å². The topological polar surface area (TPSA) is 107 Å². The SMILES string of the molecule is CN1CCN(c2cc(C(=O)Nc3ccc4c(c3)C3=C(CC4)CC(C(N)=O)=NN3c3ccc(F)cc3)c(Cl)cn2)CC1. The highest BCUT2D eigenvalue weighted by Gasteiger charge is 2.31. The van der Waals surface area contributed by atoms with Crippen LogP contribution in [0.4, 0.5) is 21.6 Å². The van der Waals surface area contributed by atoms with E-state index in [9.17, 15) is 14.0 Å². The molecule has 0 radical (unpaired) electrons. The van der Waals surface area contributed by atoms with Crippen LogP contribution in [0.3, 0.4) is 0 Å². The Bertz CT molecular complexity index is 1600. The third kappa shape index (κ3) is 5.40. The Kier molecular flexibility index (Phi) is 7.19. The molecule has 0 spiro atoms. The summed E-state index contributed by atoms with van der Waals surface area (Å²) in [4.78, 5) is 34.4. The van der Waals surface area contributed by atoms with Crippen LogP contribution < -0.4 is 21.0 Å². The third-order valence-electron chi connectivity index (χ3n) is 7.74. The maximum atomic E-state index is 13.7. The lowest BCUT2D eigenvalue weighted by Gasteiger charge is -2.34. The second kappa shape index (κ2) is 10.9. The van der Waals surface area contributed by atoms with E-state index in [1.807, 2.05) is 18.2 Å². The summed E-state index contributed by atoms with van der Waals surface area (Å²) in [6.45, 7) is 3.47. The molecule has 11 heteroatoms. The van der Waals surface area contributed by atoms with Crippen molar-refractivity contribution in [3.05, 3.63) is 87.8 Å². The molecule has 0 saturated carbocycles. The van der Waals surface area contributed by atoms with Crippen molar-refractivity contribution < 1.29 is 14.0 Å². The minimum Gasteiger partial charge on any atom is -0.364 e. The summed E-state index contributed by atoms with van der Waals surface area (Å²) < 4.78 is 13.7. The average molecular weight is 574 g/mol. The van der Waals surface area contributed by atoms with E-state index >= 15 is 0 Å². The number of anilines is 3. The van der Waals surface area contributed by atoms with Gasteiger partial charge in [-0.25, -0.2) is 14.4 Å². The zero-order valence-corrected chi connectivity index (χ0v) is 23.3. The fourth-order valence-corrected chi connectivity index (χ4v) is 5.63. The average Bonchev–Trinajstić information content (AvgIpc) is 2.97. The Morgan fingerprint density at radius 2 is 1.78 bits per heavy atom. The molecule has 3 aromatic rings. The minimum absolute atomic E-state index is 0.240. The van der Waals surface area contributed by atoms with Crippen molar-refractivity contribution in [3.8, 4) is 0 Å². The lowest BCUT2D eigenvalue weighted by atomic mass is 9.85. The number of halogens is 2. The van der Waals surface area contributed by atoms with E-state index in [1.54, 1.807) is 23.2 Å². The number of hydrazone groups is 1. The second-order valence-corrected chi connectivity index (χ2v) is 10.9. The van der Waals surface area contributed by atoms with Gasteiger partial charge in [0, 0.05) is 50.0 Å². The molecule has 3 aliphatic rings. The van der Waals surface area contributed by atoms with Crippen LogP contribution >= 0.6 is 11.6 Å². The molecule has 0 bridgehead atoms. The zero-order valence-electron chi connectivity index (χ0n) is 22.5. The van der Waals surface area contributed by atoms with Crippen molar-refractivity contribution in [3.63, 3.8) is 0 Å². The van der Waals surface area contributed by atoms with Crippen LogP contribution in [0.2, 0.25) is 5.02 Å². The molecular formula is C30H29ClFN7O2. The predicted molar refractivity (Wildman–Crippen MR) is 159 cm³/mol. The van der Waals surface area contributed by atoms with Gasteiger partial charge in [-0.2, -0.15) is 5.10 Å². The molecule has 210 valence electrons. The quantitative estimate of drug-likeness (QED) is 0.472. The number of nitrogens with two attached hydrogens (primary N) is 1. The van der Waals surface area contributed by atoms with Crippen LogP contribution in [0.15, 0.2) is 65.4 Å². The van der Waals surface area contributed by atoms with Crippen LogP contribution in [0, 0.1) is 5.82 Å². The molecule has 1 fully saturated rings. The highest BCUT2D eigenvalue weighted by molar-refractivity contribution is 6.39. The van der Waals surface area contributed by atoms with Crippen molar-refractivity contribution in [2.24, 2.45) is 10.8 Å². The first-order chi connectivity index (χ1) is 19.8. The first-order valence-electron chi connectivity index (χ1n) is 13.5. The van der Waals surface area contributed by atoms with Gasteiger partial charge in [-0.05, 0) is 73.5 Å². The zero-order chi connectivity index (χ0) is 28.7. The minimum atomic E-state index is -0.597. The first kappa shape index (κ1) is 26.9. The molecule has 1 aliphatic carbocycles. The summed E-state index contributed by atoms with van der Waals surface area (Å²) in [5, 5.41) is 9.45. The lowest BCUT2D eigenvalue weighted by molar-refractivity contribution is -0.112. The molecule has 3 N–H and O–H groups in total. The number of hydrogen-bond donors (Lipinski definition) is 2. The molecule has 9 nitrogen and oxygen atoms in total. The standard InChI is InChI=1S/C30H29ClFN7O2/c1-37-10-12-38(13-11-37)27-16-24(25(31)17-34-27)30(41)35-21-7-4-18-2-3-19-14-26(29(33)40)36-39(28(19)23(18)15-21)22-8-5-20(32)6-9-22/h4-9,15-17H,2-3,10-14H2,1H3,(H2,33,40)(H,35,41). The molecular weight excluding hydrogens is 545 g/mol. The van der Waals surface area contributed by atoms with Crippen LogP contribution in [-0.4, -0.2) is 60.6 Å². The van der Waals surface area contributed by atoms with Crippen LogP contribution in [-0.2, 0) is 11.2 Å². The summed E-state index contributed by atoms with van der Waals surface area (Å²) >= 11 is 6.42. The van der Waals surface area contributed by atoms with Gasteiger partial charge in [-0.15, -0.1) is 0 Å². The van der Waals surface area contributed by atoms with Crippen molar-refractivity contribution >= 4 is 52.0 Å². The highest BCUT2D eigenvalue weighted by atomic mass is 35.5. The highest BCUT2D eigenvalue weighted by Crippen LogP contribution is 2.41. The van der Waals surface area contributed by atoms with E-state index in [1.165, 1.54) is 18.3 Å². The van der Waals surface area contributed by atoms with Gasteiger partial charge in [0.05, 0.1) is 22.0 Å². The summed E-state index contributed by atoms with van der Waals surface area (Å²) in [6.07, 6.45) is 3.33. The second-order valence-electron chi connectivity index (χ2n) is 10.5. The summed E-state index contributed by atoms with van der Waals surface area (Å²) in [7, 11) is 2.08. The third-order valence-corrected chi connectivity index (χ3v) is 8.04. The molecule has 2 aromatic carbocycles. The van der Waals surface area contributed by atoms with E-state index < -0.39 is 5.91 Å². The van der Waals surface area contributed by atoms with Gasteiger partial charge >= 0.3 is 0 Å². The van der Waals surface area contributed by atoms with E-state index in [-0.39, 0.29) is 22.5 Å². The number of amides is 2. The van der Waals surface area contributed by atoms with Gasteiger partial charge in [-0.1, -0.05) is 17.7 Å². The van der Waals surface area contributed by atoms with Gasteiger partial charge in [0.15, 0.2) is 0 Å². The van der Waals surface area contributed by atoms with Crippen molar-refractivity contribution in [1.29, 1.82) is 0 Å². The van der Waals surface area contributed by atoms with Gasteiger partial charge in [0.1, 0.15) is 17.3 Å². The summed E-state index contributed by atoms with van der Waals surface area (Å²) in [5.41, 5.74) is 11.1. The number of hydrogen-bond acceptors (Lipinski definition) is 7. The Balaban J connectivity index is 1.31. The van der Waals surface area contributed by atoms with Gasteiger partial charge in [-0.3, -0.25) is 9.59 Å². The van der Waals surface area contributed by atoms with Crippen LogP contribution in [0.1, 0.15) is 34.3 Å². The number of pyridine rings is 1. The number of nitrogens with zero attached hydrogens (tertiary/aromatic N) is 5. The largest absolute Gasteiger partial charge is 0.364 e. The molecule has 2 aliphatic heterocycles. The number of primary amides is 1. The van der Waals surface area contributed by atoms with Gasteiger partial charge < -0.3 is 20.9 Å². The Hall–Kier alpha value is -4.28. The van der Waals surface area contributed by atoms with Crippen molar-refractivity contribution in [2.45, 2.75) is 19.3 Å². The molecule has 0 unspecified atom stereocenters. The molecule has 3 heterocycles. The maximum Gasteiger partial charge on any atom is 0.265 e. The number of piperazine rings is 1. The number of likely N-dealkylation sites (N-methyl/N-ethyl adjacent to an activating group) is 1. The Morgan fingerprint density at radius 1 is 1.02 bits per heavy atom. The molecule has 6 rings (SSSR count). The maximum absolute atomic E-state index is 13.7. The Morgan fingerprint density at radius 3 is 2.51 bits per heavy atom. The number of allylic oxidation sites excluding steroid dienone is 1. The van der Waals surface area contributed by atoms with Crippen molar-refractivity contribution in [2.75, 3.05) is 48.5 Å². The van der Waals surface area contributed by atoms with Crippen LogP contribution in [0.5, 0.6) is 0 Å². The molecule has 0 atom stereocenters. The smallest absolute Gasteiger partial charge is 0.265 e. The Labute approximate surface area is 242 Å². The number of aromatic nitrogens is 1. The number of carbonyl (C=O) groups excluding carboxylic acids is 2. The van der Waals surface area contributed by atoms with E-state index in [4.69, 9.17) is 17.3 Å².